The second-order valence-electron chi connectivity index (χ2n) is 10.9. The summed E-state index contributed by atoms with van der Waals surface area (Å²) < 4.78 is 21.7. The number of aromatic nitrogens is 2. The van der Waals surface area contributed by atoms with Crippen molar-refractivity contribution < 1.29 is 23.8 Å². The summed E-state index contributed by atoms with van der Waals surface area (Å²) in [6, 6.07) is 13.5. The van der Waals surface area contributed by atoms with Gasteiger partial charge in [0.05, 0.1) is 11.8 Å². The van der Waals surface area contributed by atoms with Gasteiger partial charge in [-0.3, -0.25) is 19.3 Å². The first-order valence-electron chi connectivity index (χ1n) is 15.1. The van der Waals surface area contributed by atoms with Gasteiger partial charge >= 0.3 is 0 Å². The molecule has 0 saturated carbocycles. The van der Waals surface area contributed by atoms with Gasteiger partial charge in [0.2, 0.25) is 0 Å². The number of hydrogen-bond acceptors (Lipinski definition) is 9. The number of aliphatic imine (C=N–C) groups is 1. The second kappa shape index (κ2) is 18.4. The van der Waals surface area contributed by atoms with E-state index in [1.807, 2.05) is 0 Å². The third-order valence-corrected chi connectivity index (χ3v) is 8.29. The molecule has 0 aliphatic carbocycles. The number of unbranched alkanes of at least 4 members (excludes halogenated alkanes) is 4. The van der Waals surface area contributed by atoms with Crippen LogP contribution in [-0.4, -0.2) is 53.1 Å². The smallest absolute Gasteiger partial charge is 0.280 e. The molecule has 13 heteroatoms. The summed E-state index contributed by atoms with van der Waals surface area (Å²) in [5.41, 5.74) is 15.7. The number of guanidine groups is 1. The van der Waals surface area contributed by atoms with Gasteiger partial charge in [0.1, 0.15) is 5.75 Å². The van der Waals surface area contributed by atoms with E-state index in [4.69, 9.17) is 23.1 Å². The van der Waals surface area contributed by atoms with Crippen molar-refractivity contribution in [2.45, 2.75) is 77.2 Å². The molecule has 3 rings (SSSR count). The van der Waals surface area contributed by atoms with Gasteiger partial charge in [-0.2, -0.15) is 0 Å². The van der Waals surface area contributed by atoms with Gasteiger partial charge in [0, 0.05) is 12.3 Å². The number of nitrogen functional groups attached to an aromatic ring is 1. The summed E-state index contributed by atoms with van der Waals surface area (Å²) in [6.45, 7) is 2.11. The van der Waals surface area contributed by atoms with Crippen molar-refractivity contribution >= 4 is 40.4 Å². The lowest BCUT2D eigenvalue weighted by molar-refractivity contribution is 0.0972. The molecule has 11 nitrogen and oxygen atoms in total. The Morgan fingerprint density at radius 1 is 1.02 bits per heavy atom. The number of hydrogen-bond donors (Lipinski definition) is 5. The van der Waals surface area contributed by atoms with Crippen molar-refractivity contribution in [3.8, 4) is 5.75 Å². The van der Waals surface area contributed by atoms with Crippen LogP contribution in [0.15, 0.2) is 47.5 Å². The number of phenols is 1. The fourth-order valence-corrected chi connectivity index (χ4v) is 5.32. The van der Waals surface area contributed by atoms with Crippen molar-refractivity contribution in [3.05, 3.63) is 81.3 Å². The molecule has 1 amide bonds. The van der Waals surface area contributed by atoms with Crippen molar-refractivity contribution in [2.75, 3.05) is 18.0 Å². The van der Waals surface area contributed by atoms with Crippen LogP contribution in [0.2, 0.25) is 5.15 Å². The molecule has 1 heterocycles. The molecule has 0 saturated heterocycles. The summed E-state index contributed by atoms with van der Waals surface area (Å²) in [6.07, 6.45) is 7.86. The molecule has 3 aromatic rings. The van der Waals surface area contributed by atoms with Gasteiger partial charge in [-0.15, -0.1) is 0 Å². The number of aryl methyl sites for hydroxylation is 4. The first-order chi connectivity index (χ1) is 21.5. The van der Waals surface area contributed by atoms with E-state index in [0.717, 1.165) is 51.4 Å². The molecule has 45 heavy (non-hydrogen) atoms. The zero-order valence-corrected chi connectivity index (χ0v) is 27.1. The predicted octanol–water partition coefficient (Wildman–Crippen LogP) is 4.44. The summed E-state index contributed by atoms with van der Waals surface area (Å²) in [5, 5.41) is 23.0. The molecule has 244 valence electrons. The molecule has 1 aromatic heterocycles. The molecule has 0 aliphatic rings. The number of aliphatic hydroxyl groups excluding tert-OH is 1. The van der Waals surface area contributed by atoms with Crippen molar-refractivity contribution in [1.29, 1.82) is 0 Å². The maximum Gasteiger partial charge on any atom is 0.280 e. The van der Waals surface area contributed by atoms with E-state index in [2.05, 4.69) is 44.5 Å². The fraction of sp³-hybridized carbons (Fsp3) is 0.438. The Morgan fingerprint density at radius 2 is 1.67 bits per heavy atom. The highest BCUT2D eigenvalue weighted by atomic mass is 35.5. The summed E-state index contributed by atoms with van der Waals surface area (Å²) in [7, 11) is 0. The van der Waals surface area contributed by atoms with E-state index in [0.29, 0.717) is 29.8 Å². The van der Waals surface area contributed by atoms with Crippen molar-refractivity contribution in [3.63, 3.8) is 0 Å². The lowest BCUT2D eigenvalue weighted by Gasteiger charge is -2.14. The van der Waals surface area contributed by atoms with E-state index < -0.39 is 23.1 Å². The number of amides is 1. The van der Waals surface area contributed by atoms with Gasteiger partial charge < -0.3 is 26.2 Å². The topological polar surface area (TPSA) is 200 Å². The lowest BCUT2D eigenvalue weighted by Crippen LogP contribution is -2.38. The fourth-order valence-electron chi connectivity index (χ4n) is 4.80. The van der Waals surface area contributed by atoms with Crippen LogP contribution in [0, 0.1) is 6.92 Å². The Bertz CT molecular complexity index is 1470. The summed E-state index contributed by atoms with van der Waals surface area (Å²) in [5.74, 6) is -0.672. The quantitative estimate of drug-likeness (QED) is 0.0602. The van der Waals surface area contributed by atoms with Crippen LogP contribution in [0.5, 0.6) is 5.75 Å². The van der Waals surface area contributed by atoms with Gasteiger partial charge in [0.15, 0.2) is 22.6 Å². The van der Waals surface area contributed by atoms with Crippen LogP contribution in [0.25, 0.3) is 0 Å². The Hall–Kier alpha value is -3.58. The highest BCUT2D eigenvalue weighted by Crippen LogP contribution is 2.26. The van der Waals surface area contributed by atoms with Gasteiger partial charge in [-0.05, 0) is 86.3 Å². The minimum absolute atomic E-state index is 0.0154. The highest BCUT2D eigenvalue weighted by Gasteiger charge is 2.16. The lowest BCUT2D eigenvalue weighted by atomic mass is 9.98. The Kier molecular flexibility index (Phi) is 14.7. The van der Waals surface area contributed by atoms with Gasteiger partial charge in [-0.1, -0.05) is 72.3 Å². The van der Waals surface area contributed by atoms with E-state index in [1.54, 1.807) is 19.1 Å². The highest BCUT2D eigenvalue weighted by molar-refractivity contribution is 7.79. The summed E-state index contributed by atoms with van der Waals surface area (Å²) in [4.78, 5) is 24.5. The average molecular weight is 658 g/mol. The minimum atomic E-state index is -2.17. The number of nitrogens with zero attached hydrogens (tertiary/aromatic N) is 3. The Balaban J connectivity index is 1.28. The molecule has 1 unspecified atom stereocenters. The number of aliphatic hydroxyl groups is 1. The first-order valence-corrected chi connectivity index (χ1v) is 16.7. The van der Waals surface area contributed by atoms with Gasteiger partial charge in [0.25, 0.3) is 5.91 Å². The predicted molar refractivity (Wildman–Crippen MR) is 177 cm³/mol. The minimum Gasteiger partial charge on any atom is -0.772 e. The molecular weight excluding hydrogens is 616 g/mol. The van der Waals surface area contributed by atoms with Crippen LogP contribution in [0.1, 0.15) is 89.5 Å². The number of nitrogens with two attached hydrogens (primary N) is 2. The molecule has 0 spiro atoms. The molecule has 0 aliphatic heterocycles. The number of halogens is 1. The van der Waals surface area contributed by atoms with Crippen LogP contribution < -0.4 is 16.8 Å². The summed E-state index contributed by atoms with van der Waals surface area (Å²) >= 11 is 3.76. The van der Waals surface area contributed by atoms with Crippen LogP contribution in [0.4, 0.5) is 5.82 Å². The third kappa shape index (κ3) is 12.4. The number of anilines is 1. The molecule has 7 N–H and O–H groups in total. The third-order valence-electron chi connectivity index (χ3n) is 7.39. The number of aromatic hydroxyl groups is 1. The average Bonchev–Trinajstić information content (AvgIpc) is 3.00. The Labute approximate surface area is 271 Å². The molecule has 0 radical (unpaired) electrons. The normalized spacial score (nSPS) is 13.0. The number of carbonyl (C=O) groups excluding carboxylic acids is 1. The standard InChI is InChI=1S/C32H43ClN6O5S/c1-21-29(33)38-28(30(34)37-21)31(42)39-32(35)36-18-7-6-9-23-13-11-22(12-14-23)8-4-2-3-5-10-26(40)24-15-16-27(41)25(20-24)17-19-45(43)44/h11-16,20,26,40-41H,2-10,17-19H2,1H3,(H2,34,37)(H,43,44)(H3,35,36,39,42)/p-1/t26-/m0/s1. The number of benzene rings is 2. The molecule has 2 atom stereocenters. The maximum absolute atomic E-state index is 12.3. The molecular formula is C32H42ClN6O5S-. The van der Waals surface area contributed by atoms with E-state index in [-0.39, 0.29) is 40.5 Å². The van der Waals surface area contributed by atoms with E-state index in [1.165, 1.54) is 17.2 Å². The molecule has 0 fully saturated rings. The number of carbonyl (C=O) groups is 1. The molecule has 2 aromatic carbocycles. The largest absolute Gasteiger partial charge is 0.772 e. The van der Waals surface area contributed by atoms with Crippen LogP contribution in [-0.2, 0) is 30.3 Å². The monoisotopic (exact) mass is 657 g/mol. The second-order valence-corrected chi connectivity index (χ2v) is 12.3. The first kappa shape index (κ1) is 35.9. The Morgan fingerprint density at radius 3 is 2.33 bits per heavy atom. The zero-order valence-electron chi connectivity index (χ0n) is 25.5. The maximum atomic E-state index is 12.3. The van der Waals surface area contributed by atoms with Crippen LogP contribution in [0.3, 0.4) is 0 Å². The van der Waals surface area contributed by atoms with E-state index >= 15 is 0 Å². The number of rotatable bonds is 17. The zero-order chi connectivity index (χ0) is 32.8. The van der Waals surface area contributed by atoms with E-state index in [9.17, 15) is 23.8 Å². The number of nitrogens with one attached hydrogen (secondary N) is 1. The van der Waals surface area contributed by atoms with Crippen molar-refractivity contribution in [1.82, 2.24) is 15.3 Å². The van der Waals surface area contributed by atoms with Crippen LogP contribution >= 0.6 is 11.6 Å². The number of phenolic OH excluding ortho intramolecular Hbond substituents is 1. The van der Waals surface area contributed by atoms with Crippen molar-refractivity contribution in [2.24, 2.45) is 10.7 Å². The SMILES string of the molecule is Cc1nc(N)c(C(=O)NC(N)=NCCCCc2ccc(CCCCCC[C@H](O)c3ccc(O)c(CCS(=O)[O-])c3)cc2)nc1Cl. The molecule has 0 bridgehead atoms. The van der Waals surface area contributed by atoms with Gasteiger partial charge in [-0.25, -0.2) is 9.97 Å².